The van der Waals surface area contributed by atoms with Crippen molar-refractivity contribution in [1.29, 1.82) is 0 Å². The summed E-state index contributed by atoms with van der Waals surface area (Å²) in [6.45, 7) is 3.74. The smallest absolute Gasteiger partial charge is 0.326 e. The predicted molar refractivity (Wildman–Crippen MR) is 73.3 cm³/mol. The highest BCUT2D eigenvalue weighted by Gasteiger charge is 2.26. The Balaban J connectivity index is 1.88. The van der Waals surface area contributed by atoms with Crippen molar-refractivity contribution in [2.75, 3.05) is 18.5 Å². The van der Waals surface area contributed by atoms with Crippen LogP contribution in [0.25, 0.3) is 0 Å². The summed E-state index contributed by atoms with van der Waals surface area (Å²) in [5.74, 6) is -0.572. The molecule has 0 aliphatic carbocycles. The molecule has 0 spiro atoms. The third-order valence-corrected chi connectivity index (χ3v) is 4.19. The molecule has 0 saturated carbocycles. The summed E-state index contributed by atoms with van der Waals surface area (Å²) in [7, 11) is 0. The molecule has 106 valence electrons. The molecule has 1 aliphatic rings. The first kappa shape index (κ1) is 14.2. The highest BCUT2D eigenvalue weighted by molar-refractivity contribution is 7.13. The molecule has 4 N–H and O–H groups in total. The van der Waals surface area contributed by atoms with E-state index in [2.05, 4.69) is 17.2 Å². The Bertz CT molecular complexity index is 438. The maximum atomic E-state index is 10.8. The van der Waals surface area contributed by atoms with Crippen LogP contribution in [-0.2, 0) is 9.53 Å². The summed E-state index contributed by atoms with van der Waals surface area (Å²) in [4.78, 5) is 15.0. The maximum Gasteiger partial charge on any atom is 0.326 e. The fourth-order valence-electron chi connectivity index (χ4n) is 2.23. The van der Waals surface area contributed by atoms with E-state index in [-0.39, 0.29) is 0 Å². The summed E-state index contributed by atoms with van der Waals surface area (Å²) < 4.78 is 5.62. The molecule has 1 saturated heterocycles. The molecule has 0 bridgehead atoms. The molecular formula is C12H19N3O3S. The number of thiazole rings is 1. The molecule has 19 heavy (non-hydrogen) atoms. The van der Waals surface area contributed by atoms with Gasteiger partial charge in [-0.1, -0.05) is 6.92 Å². The van der Waals surface area contributed by atoms with Crippen LogP contribution >= 0.6 is 11.3 Å². The normalized spacial score (nSPS) is 24.3. The van der Waals surface area contributed by atoms with Gasteiger partial charge in [0.15, 0.2) is 5.13 Å². The van der Waals surface area contributed by atoms with Crippen LogP contribution in [0, 0.1) is 5.92 Å². The Morgan fingerprint density at radius 3 is 3.26 bits per heavy atom. The molecule has 2 rings (SSSR count). The number of carbonyl (C=O) groups is 1. The molecule has 6 nitrogen and oxygen atoms in total. The number of ether oxygens (including phenoxy) is 1. The fourth-order valence-corrected chi connectivity index (χ4v) is 2.99. The molecular weight excluding hydrogens is 266 g/mol. The van der Waals surface area contributed by atoms with Crippen molar-refractivity contribution in [3.63, 3.8) is 0 Å². The number of rotatable bonds is 6. The molecule has 3 atom stereocenters. The van der Waals surface area contributed by atoms with E-state index in [4.69, 9.17) is 15.6 Å². The summed E-state index contributed by atoms with van der Waals surface area (Å²) in [5.41, 5.74) is 5.91. The number of nitrogens with zero attached hydrogens (tertiary/aromatic N) is 1. The molecule has 0 aromatic carbocycles. The lowest BCUT2D eigenvalue weighted by atomic mass is 10.00. The average molecular weight is 285 g/mol. The predicted octanol–water partition coefficient (Wildman–Crippen LogP) is 1.45. The SMILES string of the molecule is CCC1OCCC1CNc1nc(C(N)C(=O)O)cs1. The number of aliphatic carboxylic acids is 1. The minimum Gasteiger partial charge on any atom is -0.480 e. The van der Waals surface area contributed by atoms with Crippen molar-refractivity contribution < 1.29 is 14.6 Å². The number of hydrogen-bond acceptors (Lipinski definition) is 6. The Kier molecular flexibility index (Phi) is 4.73. The molecule has 3 unspecified atom stereocenters. The molecule has 1 aliphatic heterocycles. The van der Waals surface area contributed by atoms with Gasteiger partial charge in [-0.25, -0.2) is 4.98 Å². The standard InChI is InChI=1S/C12H19N3O3S/c1-2-9-7(3-4-18-9)5-14-12-15-8(6-19-12)10(13)11(16)17/h6-7,9-10H,2-5,13H2,1H3,(H,14,15)(H,16,17). The van der Waals surface area contributed by atoms with E-state index in [1.54, 1.807) is 5.38 Å². The van der Waals surface area contributed by atoms with Crippen LogP contribution < -0.4 is 11.1 Å². The lowest BCUT2D eigenvalue weighted by molar-refractivity contribution is -0.138. The lowest BCUT2D eigenvalue weighted by Gasteiger charge is -2.16. The molecule has 0 radical (unpaired) electrons. The zero-order valence-corrected chi connectivity index (χ0v) is 11.7. The van der Waals surface area contributed by atoms with Crippen molar-refractivity contribution >= 4 is 22.4 Å². The summed E-state index contributed by atoms with van der Waals surface area (Å²) in [6.07, 6.45) is 2.38. The first-order valence-corrected chi connectivity index (χ1v) is 7.29. The van der Waals surface area contributed by atoms with Gasteiger partial charge < -0.3 is 20.9 Å². The highest BCUT2D eigenvalue weighted by atomic mass is 32.1. The van der Waals surface area contributed by atoms with Crippen LogP contribution in [0.1, 0.15) is 31.5 Å². The number of hydrogen-bond donors (Lipinski definition) is 3. The van der Waals surface area contributed by atoms with Gasteiger partial charge in [-0.05, 0) is 12.8 Å². The number of anilines is 1. The van der Waals surface area contributed by atoms with E-state index in [9.17, 15) is 4.79 Å². The molecule has 1 aromatic rings. The second-order valence-electron chi connectivity index (χ2n) is 4.64. The van der Waals surface area contributed by atoms with Crippen molar-refractivity contribution in [1.82, 2.24) is 4.98 Å². The van der Waals surface area contributed by atoms with E-state index in [1.165, 1.54) is 11.3 Å². The Morgan fingerprint density at radius 1 is 1.79 bits per heavy atom. The van der Waals surface area contributed by atoms with Crippen molar-refractivity contribution in [3.8, 4) is 0 Å². The summed E-state index contributed by atoms with van der Waals surface area (Å²) >= 11 is 1.38. The number of nitrogens with two attached hydrogens (primary N) is 1. The van der Waals surface area contributed by atoms with Gasteiger partial charge in [0.25, 0.3) is 0 Å². The van der Waals surface area contributed by atoms with Gasteiger partial charge in [-0.3, -0.25) is 4.79 Å². The number of nitrogens with one attached hydrogen (secondary N) is 1. The number of carboxylic acid groups (broad SMARTS) is 1. The number of aromatic nitrogens is 1. The minimum absolute atomic E-state index is 0.313. The molecule has 7 heteroatoms. The Labute approximate surface area is 116 Å². The summed E-state index contributed by atoms with van der Waals surface area (Å²) in [5, 5.41) is 14.5. The molecule has 1 fully saturated rings. The van der Waals surface area contributed by atoms with Crippen LogP contribution in [0.5, 0.6) is 0 Å². The Hall–Kier alpha value is -1.18. The third-order valence-electron chi connectivity index (χ3n) is 3.37. The molecule has 1 aromatic heterocycles. The number of carboxylic acids is 1. The van der Waals surface area contributed by atoms with Crippen molar-refractivity contribution in [3.05, 3.63) is 11.1 Å². The van der Waals surface area contributed by atoms with Gasteiger partial charge >= 0.3 is 5.97 Å². The zero-order chi connectivity index (χ0) is 13.8. The van der Waals surface area contributed by atoms with Gasteiger partial charge in [0.05, 0.1) is 11.8 Å². The van der Waals surface area contributed by atoms with E-state index in [1.807, 2.05) is 0 Å². The molecule has 2 heterocycles. The molecule has 0 amide bonds. The van der Waals surface area contributed by atoms with E-state index < -0.39 is 12.0 Å². The third kappa shape index (κ3) is 3.43. The second kappa shape index (κ2) is 6.31. The fraction of sp³-hybridized carbons (Fsp3) is 0.667. The van der Waals surface area contributed by atoms with Crippen molar-refractivity contribution in [2.24, 2.45) is 11.7 Å². The lowest BCUT2D eigenvalue weighted by Crippen LogP contribution is -2.23. The van der Waals surface area contributed by atoms with Gasteiger partial charge in [0.2, 0.25) is 0 Å². The second-order valence-corrected chi connectivity index (χ2v) is 5.50. The van der Waals surface area contributed by atoms with E-state index in [0.717, 1.165) is 26.0 Å². The maximum absolute atomic E-state index is 10.8. The minimum atomic E-state index is -1.06. The zero-order valence-electron chi connectivity index (χ0n) is 10.8. The van der Waals surface area contributed by atoms with Gasteiger partial charge in [0, 0.05) is 24.4 Å². The average Bonchev–Trinajstić information content (AvgIpc) is 3.03. The van der Waals surface area contributed by atoms with Gasteiger partial charge in [-0.2, -0.15) is 0 Å². The topological polar surface area (TPSA) is 97.5 Å². The largest absolute Gasteiger partial charge is 0.480 e. The van der Waals surface area contributed by atoms with Crippen LogP contribution in [0.2, 0.25) is 0 Å². The van der Waals surface area contributed by atoms with Gasteiger partial charge in [0.1, 0.15) is 6.04 Å². The van der Waals surface area contributed by atoms with Crippen LogP contribution in [0.15, 0.2) is 5.38 Å². The van der Waals surface area contributed by atoms with Crippen LogP contribution in [0.4, 0.5) is 5.13 Å². The van der Waals surface area contributed by atoms with E-state index >= 15 is 0 Å². The quantitative estimate of drug-likeness (QED) is 0.732. The van der Waals surface area contributed by atoms with Crippen molar-refractivity contribution in [2.45, 2.75) is 31.9 Å². The Morgan fingerprint density at radius 2 is 2.58 bits per heavy atom. The summed E-state index contributed by atoms with van der Waals surface area (Å²) in [6, 6.07) is -1.05. The van der Waals surface area contributed by atoms with Gasteiger partial charge in [-0.15, -0.1) is 11.3 Å². The first-order valence-electron chi connectivity index (χ1n) is 6.41. The van der Waals surface area contributed by atoms with Crippen LogP contribution in [0.3, 0.4) is 0 Å². The first-order chi connectivity index (χ1) is 9.11. The highest BCUT2D eigenvalue weighted by Crippen LogP contribution is 2.25. The monoisotopic (exact) mass is 285 g/mol. The van der Waals surface area contributed by atoms with E-state index in [0.29, 0.717) is 22.8 Å². The van der Waals surface area contributed by atoms with Crippen LogP contribution in [-0.4, -0.2) is 35.3 Å².